The molecule has 4 heterocycles. The van der Waals surface area contributed by atoms with Crippen LogP contribution in [-0.2, 0) is 9.59 Å². The minimum absolute atomic E-state index is 0.216. The summed E-state index contributed by atoms with van der Waals surface area (Å²) in [5.41, 5.74) is 7.39. The molecule has 1 aliphatic carbocycles. The molecule has 178 valence electrons. The first-order valence-corrected chi connectivity index (χ1v) is 11.4. The number of carbonyl (C=O) groups is 3. The number of nitrogens with zero attached hydrogens (tertiary/aromatic N) is 4. The highest BCUT2D eigenvalue weighted by atomic mass is 35.5. The summed E-state index contributed by atoms with van der Waals surface area (Å²) in [6.45, 7) is 0. The number of rotatable bonds is 3. The Morgan fingerprint density at radius 1 is 1.26 bits per heavy atom. The molecule has 0 bridgehead atoms. The molecular formula is C24H22ClN7O3. The molecule has 0 unspecified atom stereocenters. The highest BCUT2D eigenvalue weighted by molar-refractivity contribution is 6.33. The number of allylic oxidation sites excluding steroid dienone is 1. The molecule has 1 spiro atoms. The SMILES string of the molecule is CN1C(=O)NC2(CCC(=CC(=O)Nc3cc4cc(-c5cnccc5Cl)nc(N)c4cn3)CC2)C1=O. The van der Waals surface area contributed by atoms with Crippen LogP contribution in [0.4, 0.5) is 16.4 Å². The molecule has 4 amide bonds. The third kappa shape index (κ3) is 4.17. The van der Waals surface area contributed by atoms with Gasteiger partial charge in [-0.05, 0) is 49.3 Å². The molecule has 3 aromatic heterocycles. The van der Waals surface area contributed by atoms with Crippen LogP contribution in [0, 0.1) is 0 Å². The highest BCUT2D eigenvalue weighted by Crippen LogP contribution is 2.36. The largest absolute Gasteiger partial charge is 0.383 e. The summed E-state index contributed by atoms with van der Waals surface area (Å²) < 4.78 is 0. The molecule has 3 aromatic rings. The Balaban J connectivity index is 1.32. The first-order valence-electron chi connectivity index (χ1n) is 11.0. The summed E-state index contributed by atoms with van der Waals surface area (Å²) in [5.74, 6) is 0.117. The van der Waals surface area contributed by atoms with Gasteiger partial charge in [0.1, 0.15) is 17.2 Å². The van der Waals surface area contributed by atoms with Crippen LogP contribution in [0.1, 0.15) is 25.7 Å². The minimum atomic E-state index is -0.859. The van der Waals surface area contributed by atoms with Crippen LogP contribution in [0.2, 0.25) is 5.02 Å². The van der Waals surface area contributed by atoms with Crippen molar-refractivity contribution in [2.45, 2.75) is 31.2 Å². The van der Waals surface area contributed by atoms with Gasteiger partial charge in [-0.1, -0.05) is 17.2 Å². The highest BCUT2D eigenvalue weighted by Gasteiger charge is 2.50. The van der Waals surface area contributed by atoms with Gasteiger partial charge in [0.25, 0.3) is 5.91 Å². The molecule has 2 fully saturated rings. The van der Waals surface area contributed by atoms with Gasteiger partial charge < -0.3 is 16.4 Å². The molecule has 0 atom stereocenters. The first kappa shape index (κ1) is 22.7. The number of amides is 4. The monoisotopic (exact) mass is 491 g/mol. The Morgan fingerprint density at radius 3 is 2.71 bits per heavy atom. The Bertz CT molecular complexity index is 1410. The van der Waals surface area contributed by atoms with Crippen molar-refractivity contribution in [3.8, 4) is 11.3 Å². The van der Waals surface area contributed by atoms with E-state index in [1.54, 1.807) is 30.7 Å². The van der Waals surface area contributed by atoms with Gasteiger partial charge in [-0.15, -0.1) is 0 Å². The number of urea groups is 1. The summed E-state index contributed by atoms with van der Waals surface area (Å²) in [5, 5.41) is 7.47. The Kier molecular flexibility index (Phi) is 5.60. The molecule has 35 heavy (non-hydrogen) atoms. The second-order valence-corrected chi connectivity index (χ2v) is 9.11. The molecule has 0 radical (unpaired) electrons. The minimum Gasteiger partial charge on any atom is -0.383 e. The molecular weight excluding hydrogens is 470 g/mol. The molecule has 4 N–H and O–H groups in total. The summed E-state index contributed by atoms with van der Waals surface area (Å²) in [6, 6.07) is 4.82. The number of nitrogens with two attached hydrogens (primary N) is 1. The zero-order valence-corrected chi connectivity index (χ0v) is 19.6. The van der Waals surface area contributed by atoms with Crippen molar-refractivity contribution in [2.75, 3.05) is 18.1 Å². The number of imide groups is 1. The van der Waals surface area contributed by atoms with Crippen molar-refractivity contribution in [2.24, 2.45) is 0 Å². The van der Waals surface area contributed by atoms with E-state index in [4.69, 9.17) is 17.3 Å². The van der Waals surface area contributed by atoms with E-state index < -0.39 is 5.54 Å². The maximum absolute atomic E-state index is 12.7. The molecule has 1 saturated heterocycles. The summed E-state index contributed by atoms with van der Waals surface area (Å²) >= 11 is 6.28. The van der Waals surface area contributed by atoms with Crippen LogP contribution < -0.4 is 16.4 Å². The zero-order chi connectivity index (χ0) is 24.7. The number of hydrogen-bond donors (Lipinski definition) is 3. The van der Waals surface area contributed by atoms with E-state index >= 15 is 0 Å². The standard InChI is InChI=1S/C24H22ClN7O3/c1-32-22(34)24(31-23(32)35)5-2-13(3-6-24)8-20(33)30-19-10-14-9-18(16-11-27-7-4-17(16)25)29-21(26)15(14)12-28-19/h4,7-12H,2-3,5-6H2,1H3,(H2,26,29)(H,31,35)(H,28,30,33). The fraction of sp³-hybridized carbons (Fsp3) is 0.250. The second kappa shape index (κ2) is 8.62. The van der Waals surface area contributed by atoms with Crippen LogP contribution >= 0.6 is 11.6 Å². The average molecular weight is 492 g/mol. The van der Waals surface area contributed by atoms with Crippen molar-refractivity contribution in [3.05, 3.63) is 53.5 Å². The lowest BCUT2D eigenvalue weighted by atomic mass is 9.79. The second-order valence-electron chi connectivity index (χ2n) is 8.71. The molecule has 10 nitrogen and oxygen atoms in total. The Hall–Kier alpha value is -4.05. The normalized spacial score (nSPS) is 19.8. The van der Waals surface area contributed by atoms with E-state index in [-0.39, 0.29) is 17.8 Å². The maximum Gasteiger partial charge on any atom is 0.324 e. The smallest absolute Gasteiger partial charge is 0.324 e. The summed E-state index contributed by atoms with van der Waals surface area (Å²) in [4.78, 5) is 50.8. The summed E-state index contributed by atoms with van der Waals surface area (Å²) in [7, 11) is 1.47. The Morgan fingerprint density at radius 2 is 2.03 bits per heavy atom. The number of anilines is 2. The number of nitrogen functional groups attached to an aromatic ring is 1. The van der Waals surface area contributed by atoms with Gasteiger partial charge in [0.15, 0.2) is 0 Å². The van der Waals surface area contributed by atoms with Crippen LogP contribution in [-0.4, -0.2) is 50.3 Å². The van der Waals surface area contributed by atoms with E-state index in [0.29, 0.717) is 59.0 Å². The van der Waals surface area contributed by atoms with Crippen LogP contribution in [0.15, 0.2) is 48.4 Å². The first-order chi connectivity index (χ1) is 16.8. The lowest BCUT2D eigenvalue weighted by Crippen LogP contribution is -2.48. The van der Waals surface area contributed by atoms with E-state index in [0.717, 1.165) is 15.9 Å². The van der Waals surface area contributed by atoms with Crippen LogP contribution in [0.5, 0.6) is 0 Å². The number of hydrogen-bond acceptors (Lipinski definition) is 7. The van der Waals surface area contributed by atoms with Crippen molar-refractivity contribution >= 4 is 51.9 Å². The maximum atomic E-state index is 12.7. The van der Waals surface area contributed by atoms with Crippen molar-refractivity contribution < 1.29 is 14.4 Å². The van der Waals surface area contributed by atoms with Gasteiger partial charge in [0.05, 0.1) is 10.7 Å². The summed E-state index contributed by atoms with van der Waals surface area (Å²) in [6.07, 6.45) is 8.29. The number of nitrogens with one attached hydrogen (secondary N) is 2. The quantitative estimate of drug-likeness (QED) is 0.376. The lowest BCUT2D eigenvalue weighted by Gasteiger charge is -2.31. The molecule has 11 heteroatoms. The zero-order valence-electron chi connectivity index (χ0n) is 18.8. The number of likely N-dealkylation sites (N-methyl/N-ethyl adjacent to an activating group) is 1. The van der Waals surface area contributed by atoms with Gasteiger partial charge in [-0.3, -0.25) is 19.5 Å². The van der Waals surface area contributed by atoms with Gasteiger partial charge >= 0.3 is 6.03 Å². The fourth-order valence-corrected chi connectivity index (χ4v) is 4.73. The third-order valence-corrected chi connectivity index (χ3v) is 6.82. The molecule has 0 aromatic carbocycles. The average Bonchev–Trinajstić information content (AvgIpc) is 3.04. The van der Waals surface area contributed by atoms with E-state index in [1.165, 1.54) is 13.1 Å². The van der Waals surface area contributed by atoms with E-state index in [9.17, 15) is 14.4 Å². The molecule has 2 aliphatic rings. The molecule has 5 rings (SSSR count). The van der Waals surface area contributed by atoms with Gasteiger partial charge in [-0.2, -0.15) is 0 Å². The number of aromatic nitrogens is 3. The fourth-order valence-electron chi connectivity index (χ4n) is 4.53. The van der Waals surface area contributed by atoms with Crippen molar-refractivity contribution in [1.82, 2.24) is 25.2 Å². The van der Waals surface area contributed by atoms with Crippen molar-refractivity contribution in [1.29, 1.82) is 0 Å². The number of halogens is 1. The lowest BCUT2D eigenvalue weighted by molar-refractivity contribution is -0.131. The molecule has 1 aliphatic heterocycles. The van der Waals surface area contributed by atoms with E-state index in [1.807, 2.05) is 6.07 Å². The Labute approximate surface area is 205 Å². The van der Waals surface area contributed by atoms with Crippen LogP contribution in [0.25, 0.3) is 22.0 Å². The van der Waals surface area contributed by atoms with Gasteiger partial charge in [0.2, 0.25) is 5.91 Å². The number of pyridine rings is 3. The van der Waals surface area contributed by atoms with Crippen LogP contribution in [0.3, 0.4) is 0 Å². The van der Waals surface area contributed by atoms with Crippen molar-refractivity contribution in [3.63, 3.8) is 0 Å². The van der Waals surface area contributed by atoms with Gasteiger partial charge in [0, 0.05) is 42.7 Å². The topological polar surface area (TPSA) is 143 Å². The number of carbonyl (C=O) groups excluding carboxylic acids is 3. The third-order valence-electron chi connectivity index (χ3n) is 6.49. The number of fused-ring (bicyclic) bond motifs is 1. The molecule has 1 saturated carbocycles. The predicted octanol–water partition coefficient (Wildman–Crippen LogP) is 3.29. The van der Waals surface area contributed by atoms with Gasteiger partial charge in [-0.25, -0.2) is 14.8 Å². The van der Waals surface area contributed by atoms with E-state index in [2.05, 4.69) is 25.6 Å². The predicted molar refractivity (Wildman–Crippen MR) is 131 cm³/mol.